The highest BCUT2D eigenvalue weighted by molar-refractivity contribution is 5.97. The average Bonchev–Trinajstić information content (AvgIpc) is 2.37. The van der Waals surface area contributed by atoms with Gasteiger partial charge in [-0.25, -0.2) is 0 Å². The first kappa shape index (κ1) is 13.4. The molecule has 5 nitrogen and oxygen atoms in total. The highest BCUT2D eigenvalue weighted by Gasteiger charge is 2.28. The minimum Gasteiger partial charge on any atom is -0.506 e. The molecule has 5 heteroatoms. The van der Waals surface area contributed by atoms with Crippen LogP contribution in [-0.4, -0.2) is 28.6 Å². The van der Waals surface area contributed by atoms with E-state index in [1.807, 2.05) is 6.07 Å². The van der Waals surface area contributed by atoms with Crippen LogP contribution in [0.4, 0.5) is 5.69 Å². The quantitative estimate of drug-likeness (QED) is 0.875. The van der Waals surface area contributed by atoms with Crippen LogP contribution < -0.4 is 4.90 Å². The molecule has 0 fully saturated rings. The normalized spacial score (nSPS) is 17.9. The molecule has 1 unspecified atom stereocenters. The molecule has 0 bridgehead atoms. The lowest BCUT2D eigenvalue weighted by Gasteiger charge is -2.33. The molecule has 102 valence electrons. The number of carboxylic acids is 1. The molecule has 0 radical (unpaired) electrons. The Hall–Kier alpha value is -2.04. The number of phenols is 1. The number of fused-ring (bicyclic) bond motifs is 1. The molecule has 1 aromatic carbocycles. The summed E-state index contributed by atoms with van der Waals surface area (Å²) in [5.41, 5.74) is 1.48. The van der Waals surface area contributed by atoms with Gasteiger partial charge in [0.05, 0.1) is 12.1 Å². The minimum absolute atomic E-state index is 0.0442. The number of amides is 1. The van der Waals surface area contributed by atoms with Crippen LogP contribution in [0.3, 0.4) is 0 Å². The van der Waals surface area contributed by atoms with Crippen molar-refractivity contribution in [1.29, 1.82) is 0 Å². The van der Waals surface area contributed by atoms with Crippen molar-refractivity contribution in [3.63, 3.8) is 0 Å². The number of carbonyl (C=O) groups excluding carboxylic acids is 1. The number of rotatable bonds is 3. The average molecular weight is 263 g/mol. The van der Waals surface area contributed by atoms with Crippen molar-refractivity contribution in [2.75, 3.05) is 11.4 Å². The van der Waals surface area contributed by atoms with Gasteiger partial charge in [-0.15, -0.1) is 0 Å². The fraction of sp³-hybridized carbons (Fsp3) is 0.429. The summed E-state index contributed by atoms with van der Waals surface area (Å²) in [7, 11) is 0. The van der Waals surface area contributed by atoms with Gasteiger partial charge in [0.25, 0.3) is 0 Å². The standard InChI is InChI=1S/C14H17NO4/c1-9-7-8-15(12(17)5-6-13(18)19)14-10(9)3-2-4-11(14)16/h2-4,9,16H,5-8H2,1H3,(H,18,19). The van der Waals surface area contributed by atoms with Crippen LogP contribution in [0.15, 0.2) is 18.2 Å². The predicted molar refractivity (Wildman–Crippen MR) is 70.4 cm³/mol. The van der Waals surface area contributed by atoms with Gasteiger partial charge in [-0.3, -0.25) is 9.59 Å². The van der Waals surface area contributed by atoms with E-state index in [1.54, 1.807) is 12.1 Å². The molecule has 1 aliphatic rings. The molecule has 1 aliphatic heterocycles. The van der Waals surface area contributed by atoms with E-state index in [2.05, 4.69) is 6.92 Å². The predicted octanol–water partition coefficient (Wildman–Crippen LogP) is 2.10. The molecule has 1 aromatic rings. The number of phenolic OH excluding ortho intramolecular Hbond substituents is 1. The Balaban J connectivity index is 2.27. The van der Waals surface area contributed by atoms with Crippen molar-refractivity contribution >= 4 is 17.6 Å². The maximum absolute atomic E-state index is 12.1. The summed E-state index contributed by atoms with van der Waals surface area (Å²) in [5, 5.41) is 18.6. The van der Waals surface area contributed by atoms with E-state index < -0.39 is 5.97 Å². The van der Waals surface area contributed by atoms with Crippen molar-refractivity contribution in [2.45, 2.75) is 32.1 Å². The maximum Gasteiger partial charge on any atom is 0.303 e. The summed E-state index contributed by atoms with van der Waals surface area (Å²) >= 11 is 0. The monoisotopic (exact) mass is 263 g/mol. The number of carbonyl (C=O) groups is 2. The molecule has 2 rings (SSSR count). The Kier molecular flexibility index (Phi) is 3.74. The van der Waals surface area contributed by atoms with Crippen molar-refractivity contribution in [1.82, 2.24) is 0 Å². The fourth-order valence-electron chi connectivity index (χ4n) is 2.43. The second-order valence-electron chi connectivity index (χ2n) is 4.84. The van der Waals surface area contributed by atoms with Gasteiger partial charge >= 0.3 is 5.97 Å². The molecular weight excluding hydrogens is 246 g/mol. The fourth-order valence-corrected chi connectivity index (χ4v) is 2.43. The highest BCUT2D eigenvalue weighted by Crippen LogP contribution is 2.41. The van der Waals surface area contributed by atoms with Gasteiger partial charge in [0.2, 0.25) is 5.91 Å². The number of aromatic hydroxyl groups is 1. The number of para-hydroxylation sites is 1. The summed E-state index contributed by atoms with van der Waals surface area (Å²) in [6.07, 6.45) is 0.584. The summed E-state index contributed by atoms with van der Waals surface area (Å²) in [6, 6.07) is 5.21. The van der Waals surface area contributed by atoms with Gasteiger partial charge in [0.15, 0.2) is 0 Å². The Morgan fingerprint density at radius 2 is 2.11 bits per heavy atom. The van der Waals surface area contributed by atoms with Gasteiger partial charge in [-0.05, 0) is 24.0 Å². The molecule has 0 aromatic heterocycles. The van der Waals surface area contributed by atoms with E-state index >= 15 is 0 Å². The van der Waals surface area contributed by atoms with E-state index in [1.165, 1.54) is 4.90 Å². The number of carboxylic acid groups (broad SMARTS) is 1. The summed E-state index contributed by atoms with van der Waals surface area (Å²) < 4.78 is 0. The SMILES string of the molecule is CC1CCN(C(=O)CCC(=O)O)c2c(O)cccc21. The zero-order valence-electron chi connectivity index (χ0n) is 10.8. The van der Waals surface area contributed by atoms with E-state index in [4.69, 9.17) is 5.11 Å². The van der Waals surface area contributed by atoms with Gasteiger partial charge in [-0.1, -0.05) is 19.1 Å². The Bertz CT molecular complexity index is 512. The third-order valence-corrected chi connectivity index (χ3v) is 3.49. The van der Waals surface area contributed by atoms with Crippen LogP contribution in [-0.2, 0) is 9.59 Å². The summed E-state index contributed by atoms with van der Waals surface area (Å²) in [6.45, 7) is 2.57. The molecule has 2 N–H and O–H groups in total. The maximum atomic E-state index is 12.1. The number of nitrogens with zero attached hydrogens (tertiary/aromatic N) is 1. The van der Waals surface area contributed by atoms with Gasteiger partial charge in [-0.2, -0.15) is 0 Å². The first-order valence-electron chi connectivity index (χ1n) is 6.34. The molecular formula is C14H17NO4. The molecule has 0 aliphatic carbocycles. The topological polar surface area (TPSA) is 77.8 Å². The summed E-state index contributed by atoms with van der Waals surface area (Å²) in [5.74, 6) is -0.883. The molecule has 0 saturated carbocycles. The van der Waals surface area contributed by atoms with Crippen LogP contribution in [0.5, 0.6) is 5.75 Å². The molecule has 0 saturated heterocycles. The Morgan fingerprint density at radius 1 is 1.37 bits per heavy atom. The largest absolute Gasteiger partial charge is 0.506 e. The molecule has 19 heavy (non-hydrogen) atoms. The first-order chi connectivity index (χ1) is 9.00. The highest BCUT2D eigenvalue weighted by atomic mass is 16.4. The van der Waals surface area contributed by atoms with Gasteiger partial charge in [0.1, 0.15) is 5.75 Å². The lowest BCUT2D eigenvalue weighted by Crippen LogP contribution is -2.36. The van der Waals surface area contributed by atoms with Crippen LogP contribution in [0.2, 0.25) is 0 Å². The van der Waals surface area contributed by atoms with E-state index in [9.17, 15) is 14.7 Å². The third kappa shape index (κ3) is 2.70. The molecule has 1 atom stereocenters. The van der Waals surface area contributed by atoms with E-state index in [0.717, 1.165) is 12.0 Å². The lowest BCUT2D eigenvalue weighted by atomic mass is 9.91. The Morgan fingerprint density at radius 3 is 2.79 bits per heavy atom. The smallest absolute Gasteiger partial charge is 0.303 e. The van der Waals surface area contributed by atoms with E-state index in [0.29, 0.717) is 12.2 Å². The lowest BCUT2D eigenvalue weighted by molar-refractivity contribution is -0.138. The number of benzene rings is 1. The van der Waals surface area contributed by atoms with Crippen LogP contribution in [0.25, 0.3) is 0 Å². The molecule has 1 heterocycles. The number of aliphatic carboxylic acids is 1. The molecule has 1 amide bonds. The zero-order chi connectivity index (χ0) is 14.0. The van der Waals surface area contributed by atoms with Gasteiger partial charge < -0.3 is 15.1 Å². The summed E-state index contributed by atoms with van der Waals surface area (Å²) in [4.78, 5) is 24.1. The van der Waals surface area contributed by atoms with Crippen molar-refractivity contribution < 1.29 is 19.8 Å². The van der Waals surface area contributed by atoms with Crippen molar-refractivity contribution in [3.8, 4) is 5.75 Å². The number of hydrogen-bond donors (Lipinski definition) is 2. The van der Waals surface area contributed by atoms with Crippen LogP contribution in [0.1, 0.15) is 37.7 Å². The van der Waals surface area contributed by atoms with Crippen LogP contribution >= 0.6 is 0 Å². The molecule has 0 spiro atoms. The second kappa shape index (κ2) is 5.30. The number of hydrogen-bond acceptors (Lipinski definition) is 3. The second-order valence-corrected chi connectivity index (χ2v) is 4.84. The van der Waals surface area contributed by atoms with Gasteiger partial charge in [0, 0.05) is 13.0 Å². The number of anilines is 1. The minimum atomic E-state index is -0.990. The zero-order valence-corrected chi connectivity index (χ0v) is 10.8. The third-order valence-electron chi connectivity index (χ3n) is 3.49. The Labute approximate surface area is 111 Å². The van der Waals surface area contributed by atoms with Crippen molar-refractivity contribution in [2.24, 2.45) is 0 Å². The van der Waals surface area contributed by atoms with E-state index in [-0.39, 0.29) is 30.4 Å². The van der Waals surface area contributed by atoms with Crippen molar-refractivity contribution in [3.05, 3.63) is 23.8 Å². The van der Waals surface area contributed by atoms with Crippen LogP contribution in [0, 0.1) is 0 Å². The first-order valence-corrected chi connectivity index (χ1v) is 6.34.